The van der Waals surface area contributed by atoms with Crippen LogP contribution in [0.4, 0.5) is 10.6 Å². The second-order valence-electron chi connectivity index (χ2n) is 14.6. The van der Waals surface area contributed by atoms with E-state index in [0.29, 0.717) is 25.8 Å². The van der Waals surface area contributed by atoms with Gasteiger partial charge in [0.1, 0.15) is 36.8 Å². The molecule has 0 bridgehead atoms. The van der Waals surface area contributed by atoms with E-state index in [2.05, 4.69) is 61.7 Å². The largest absolute Gasteiger partial charge is 0.488 e. The summed E-state index contributed by atoms with van der Waals surface area (Å²) >= 11 is 0. The van der Waals surface area contributed by atoms with Crippen molar-refractivity contribution in [1.29, 1.82) is 0 Å². The standard InChI is InChI=1S/C36H50N6O4Si/c1-26(2)21-41(22-27(3)39-35(43)45-23-28-11-9-8-10-12-28)33-20-32(37-24-38-33)34-30-19-29(46-36(4)15-16-36)13-14-31(30)40-42(34)25-44-17-18-47(5,6)7/h8-14,19-20,24,26-27H,15-18,21-23,25H2,1-7H3,(H,39,43)/t27-/m1/s1. The first-order chi connectivity index (χ1) is 22.4. The van der Waals surface area contributed by atoms with Gasteiger partial charge in [-0.1, -0.05) is 63.8 Å². The molecular formula is C36H50N6O4Si. The molecular weight excluding hydrogens is 609 g/mol. The monoisotopic (exact) mass is 658 g/mol. The van der Waals surface area contributed by atoms with Crippen molar-refractivity contribution in [3.8, 4) is 17.1 Å². The Kier molecular flexibility index (Phi) is 10.9. The molecule has 1 atom stereocenters. The zero-order valence-electron chi connectivity index (χ0n) is 29.0. The Bertz CT molecular complexity index is 1630. The van der Waals surface area contributed by atoms with Crippen molar-refractivity contribution in [2.24, 2.45) is 5.92 Å². The number of aromatic nitrogens is 4. The Hall–Kier alpha value is -3.96. The summed E-state index contributed by atoms with van der Waals surface area (Å²) in [5.41, 5.74) is 3.31. The molecule has 1 aliphatic carbocycles. The Morgan fingerprint density at radius 2 is 1.81 bits per heavy atom. The number of alkyl carbamates (subject to hydrolysis) is 1. The molecule has 11 heteroatoms. The molecule has 1 amide bonds. The first kappa shape index (κ1) is 34.4. The molecule has 47 heavy (non-hydrogen) atoms. The van der Waals surface area contributed by atoms with Crippen LogP contribution in [0.2, 0.25) is 25.7 Å². The minimum absolute atomic E-state index is 0.0953. The molecule has 0 saturated heterocycles. The minimum atomic E-state index is -1.24. The molecule has 1 saturated carbocycles. The number of rotatable bonds is 16. The average Bonchev–Trinajstić information content (AvgIpc) is 3.63. The predicted octanol–water partition coefficient (Wildman–Crippen LogP) is 7.51. The molecule has 4 aromatic rings. The maximum Gasteiger partial charge on any atom is 0.407 e. The third-order valence-corrected chi connectivity index (χ3v) is 9.82. The maximum atomic E-state index is 12.6. The molecule has 10 nitrogen and oxygen atoms in total. The molecule has 1 fully saturated rings. The maximum absolute atomic E-state index is 12.6. The van der Waals surface area contributed by atoms with Gasteiger partial charge >= 0.3 is 6.09 Å². The first-order valence-corrected chi connectivity index (χ1v) is 20.4. The second-order valence-corrected chi connectivity index (χ2v) is 20.2. The van der Waals surface area contributed by atoms with E-state index >= 15 is 0 Å². The molecule has 252 valence electrons. The molecule has 5 rings (SSSR count). The zero-order valence-corrected chi connectivity index (χ0v) is 30.0. The fraction of sp³-hybridized carbons (Fsp3) is 0.500. The lowest BCUT2D eigenvalue weighted by Gasteiger charge is -2.29. The quantitative estimate of drug-likeness (QED) is 0.0975. The van der Waals surface area contributed by atoms with E-state index in [4.69, 9.17) is 24.3 Å². The number of ether oxygens (including phenoxy) is 3. The van der Waals surface area contributed by atoms with Gasteiger partial charge in [-0.3, -0.25) is 0 Å². The molecule has 0 unspecified atom stereocenters. The fourth-order valence-electron chi connectivity index (χ4n) is 5.32. The summed E-state index contributed by atoms with van der Waals surface area (Å²) in [5.74, 6) is 1.96. The number of nitrogens with zero attached hydrogens (tertiary/aromatic N) is 5. The lowest BCUT2D eigenvalue weighted by molar-refractivity contribution is 0.0802. The average molecular weight is 659 g/mol. The number of benzene rings is 2. The van der Waals surface area contributed by atoms with Crippen LogP contribution in [0.25, 0.3) is 22.3 Å². The fourth-order valence-corrected chi connectivity index (χ4v) is 6.08. The molecule has 1 aliphatic rings. The van der Waals surface area contributed by atoms with E-state index in [-0.39, 0.29) is 18.2 Å². The molecule has 2 heterocycles. The highest BCUT2D eigenvalue weighted by Gasteiger charge is 2.40. The highest BCUT2D eigenvalue weighted by Crippen LogP contribution is 2.41. The Balaban J connectivity index is 1.38. The van der Waals surface area contributed by atoms with E-state index in [0.717, 1.165) is 64.9 Å². The number of hydrogen-bond acceptors (Lipinski definition) is 8. The number of amides is 1. The van der Waals surface area contributed by atoms with Crippen molar-refractivity contribution < 1.29 is 19.0 Å². The van der Waals surface area contributed by atoms with Gasteiger partial charge in [-0.05, 0) is 62.4 Å². The third kappa shape index (κ3) is 10.0. The van der Waals surface area contributed by atoms with Gasteiger partial charge in [0.25, 0.3) is 0 Å². The van der Waals surface area contributed by atoms with Gasteiger partial charge in [0.15, 0.2) is 0 Å². The van der Waals surface area contributed by atoms with Crippen molar-refractivity contribution >= 4 is 30.9 Å². The van der Waals surface area contributed by atoms with Crippen molar-refractivity contribution in [2.45, 2.75) is 91.2 Å². The Morgan fingerprint density at radius 3 is 2.51 bits per heavy atom. The first-order valence-electron chi connectivity index (χ1n) is 16.7. The van der Waals surface area contributed by atoms with Crippen LogP contribution in [0, 0.1) is 5.92 Å². The van der Waals surface area contributed by atoms with Crippen LogP contribution in [0.3, 0.4) is 0 Å². The molecule has 0 radical (unpaired) electrons. The van der Waals surface area contributed by atoms with Crippen LogP contribution >= 0.6 is 0 Å². The summed E-state index contributed by atoms with van der Waals surface area (Å²) in [6.07, 6.45) is 3.27. The van der Waals surface area contributed by atoms with E-state index in [1.54, 1.807) is 6.33 Å². The van der Waals surface area contributed by atoms with Gasteiger partial charge in [-0.15, -0.1) is 0 Å². The van der Waals surface area contributed by atoms with Crippen LogP contribution in [0.15, 0.2) is 60.9 Å². The lowest BCUT2D eigenvalue weighted by Crippen LogP contribution is -2.43. The van der Waals surface area contributed by atoms with Gasteiger partial charge in [0.2, 0.25) is 0 Å². The van der Waals surface area contributed by atoms with Gasteiger partial charge in [-0.2, -0.15) is 5.10 Å². The van der Waals surface area contributed by atoms with Gasteiger partial charge < -0.3 is 24.4 Å². The topological polar surface area (TPSA) is 104 Å². The zero-order chi connectivity index (χ0) is 33.6. The minimum Gasteiger partial charge on any atom is -0.488 e. The van der Waals surface area contributed by atoms with Gasteiger partial charge in [0, 0.05) is 45.3 Å². The second kappa shape index (κ2) is 14.9. The van der Waals surface area contributed by atoms with E-state index in [9.17, 15) is 4.79 Å². The van der Waals surface area contributed by atoms with E-state index in [1.807, 2.05) is 60.1 Å². The van der Waals surface area contributed by atoms with Gasteiger partial charge in [-0.25, -0.2) is 19.4 Å². The molecule has 1 N–H and O–H groups in total. The number of carbonyl (C=O) groups is 1. The van der Waals surface area contributed by atoms with Crippen LogP contribution in [-0.2, 0) is 22.8 Å². The van der Waals surface area contributed by atoms with E-state index < -0.39 is 14.2 Å². The SMILES string of the molecule is CC(C)CN(C[C@@H](C)NC(=O)OCc1ccccc1)c1cc(-c2c3cc(OC4(C)CC4)ccc3nn2COCC[Si](C)(C)C)ncn1. The summed E-state index contributed by atoms with van der Waals surface area (Å²) in [6.45, 7) is 18.0. The Labute approximate surface area is 279 Å². The predicted molar refractivity (Wildman–Crippen MR) is 189 cm³/mol. The summed E-state index contributed by atoms with van der Waals surface area (Å²) < 4.78 is 19.9. The molecule has 0 aliphatic heterocycles. The molecule has 2 aromatic carbocycles. The summed E-state index contributed by atoms with van der Waals surface area (Å²) in [6, 6.07) is 18.6. The van der Waals surface area contributed by atoms with Crippen LogP contribution < -0.4 is 15.0 Å². The number of hydrogen-bond donors (Lipinski definition) is 1. The highest BCUT2D eigenvalue weighted by atomic mass is 28.3. The number of anilines is 1. The van der Waals surface area contributed by atoms with Crippen LogP contribution in [-0.4, -0.2) is 65.3 Å². The Morgan fingerprint density at radius 1 is 1.04 bits per heavy atom. The summed E-state index contributed by atoms with van der Waals surface area (Å²) in [7, 11) is -1.24. The van der Waals surface area contributed by atoms with Gasteiger partial charge in [0.05, 0.1) is 16.9 Å². The highest BCUT2D eigenvalue weighted by molar-refractivity contribution is 6.76. The normalized spacial score (nSPS) is 14.6. The van der Waals surface area contributed by atoms with Crippen molar-refractivity contribution in [3.63, 3.8) is 0 Å². The lowest BCUT2D eigenvalue weighted by atomic mass is 10.1. The van der Waals surface area contributed by atoms with E-state index in [1.165, 1.54) is 0 Å². The van der Waals surface area contributed by atoms with Crippen molar-refractivity contribution in [3.05, 3.63) is 66.5 Å². The van der Waals surface area contributed by atoms with Crippen molar-refractivity contribution in [1.82, 2.24) is 25.1 Å². The summed E-state index contributed by atoms with van der Waals surface area (Å²) in [5, 5.41) is 8.87. The number of carbonyl (C=O) groups excluding carboxylic acids is 1. The van der Waals surface area contributed by atoms with Crippen molar-refractivity contribution in [2.75, 3.05) is 24.6 Å². The number of nitrogens with one attached hydrogen (secondary N) is 1. The molecule has 2 aromatic heterocycles. The summed E-state index contributed by atoms with van der Waals surface area (Å²) in [4.78, 5) is 24.2. The van der Waals surface area contributed by atoms with Crippen LogP contribution in [0.1, 0.15) is 46.1 Å². The van der Waals surface area contributed by atoms with Crippen LogP contribution in [0.5, 0.6) is 5.75 Å². The smallest absolute Gasteiger partial charge is 0.407 e. The molecule has 0 spiro atoms. The third-order valence-electron chi connectivity index (χ3n) is 8.11. The number of fused-ring (bicyclic) bond motifs is 1.